The molecule has 0 spiro atoms. The lowest BCUT2D eigenvalue weighted by Gasteiger charge is -2.35. The molecule has 26 heavy (non-hydrogen) atoms. The molecule has 1 saturated heterocycles. The summed E-state index contributed by atoms with van der Waals surface area (Å²) in [6.45, 7) is 12.7. The van der Waals surface area contributed by atoms with Crippen molar-refractivity contribution in [2.45, 2.75) is 65.0 Å². The van der Waals surface area contributed by atoms with Gasteiger partial charge < -0.3 is 20.1 Å². The first-order chi connectivity index (χ1) is 11.5. The van der Waals surface area contributed by atoms with E-state index in [0.717, 1.165) is 18.3 Å². The average Bonchev–Trinajstić information content (AvgIpc) is 2.69. The van der Waals surface area contributed by atoms with E-state index < -0.39 is 11.3 Å². The predicted molar refractivity (Wildman–Crippen MR) is 120 cm³/mol. The minimum absolute atomic E-state index is 0. The number of carbonyl (C=O) groups is 1. The van der Waals surface area contributed by atoms with E-state index in [1.807, 2.05) is 41.5 Å². The number of thioether (sulfide) groups is 1. The topological polar surface area (TPSA) is 75.2 Å². The standard InChI is InChI=1S/C17H34N4O3S.HI/c1-12-13(11-20-14(18-7)19-9-10-25-8)21(17(5,6)23-12)15(22)24-16(2,3)4;/h12-13H,9-11H2,1-8H3,(H2,18,19,20);1H. The smallest absolute Gasteiger partial charge is 0.412 e. The van der Waals surface area contributed by atoms with Crippen LogP contribution >= 0.6 is 35.7 Å². The Morgan fingerprint density at radius 2 is 1.96 bits per heavy atom. The Hall–Kier alpha value is -0.420. The van der Waals surface area contributed by atoms with Crippen molar-refractivity contribution in [3.05, 3.63) is 0 Å². The van der Waals surface area contributed by atoms with Crippen LogP contribution in [0.3, 0.4) is 0 Å². The van der Waals surface area contributed by atoms with Gasteiger partial charge in [-0.2, -0.15) is 11.8 Å². The molecule has 1 heterocycles. The summed E-state index contributed by atoms with van der Waals surface area (Å²) in [5.74, 6) is 1.72. The SMILES string of the molecule is CN=C(NCCSC)NCC1C(C)OC(C)(C)N1C(=O)OC(C)(C)C.I. The second kappa shape index (κ2) is 10.8. The van der Waals surface area contributed by atoms with Crippen LogP contribution in [0.25, 0.3) is 0 Å². The molecule has 1 amide bonds. The molecule has 1 fully saturated rings. The normalized spacial score (nSPS) is 22.6. The van der Waals surface area contributed by atoms with E-state index >= 15 is 0 Å². The van der Waals surface area contributed by atoms with E-state index in [9.17, 15) is 4.79 Å². The molecule has 1 rings (SSSR count). The number of aliphatic imine (C=N–C) groups is 1. The van der Waals surface area contributed by atoms with Crippen LogP contribution in [0.4, 0.5) is 4.79 Å². The van der Waals surface area contributed by atoms with Gasteiger partial charge in [-0.25, -0.2) is 4.79 Å². The van der Waals surface area contributed by atoms with E-state index in [0.29, 0.717) is 6.54 Å². The summed E-state index contributed by atoms with van der Waals surface area (Å²) in [6.07, 6.45) is 1.59. The predicted octanol–water partition coefficient (Wildman–Crippen LogP) is 2.89. The molecule has 2 unspecified atom stereocenters. The summed E-state index contributed by atoms with van der Waals surface area (Å²) in [5, 5.41) is 6.54. The van der Waals surface area contributed by atoms with Crippen molar-refractivity contribution >= 4 is 47.8 Å². The van der Waals surface area contributed by atoms with Crippen LogP contribution in [0.15, 0.2) is 4.99 Å². The highest BCUT2D eigenvalue weighted by molar-refractivity contribution is 14.0. The molecular formula is C17H35IN4O3S. The van der Waals surface area contributed by atoms with Crippen molar-refractivity contribution in [1.29, 1.82) is 0 Å². The molecule has 1 aliphatic heterocycles. The molecule has 1 aliphatic rings. The first-order valence-electron chi connectivity index (χ1n) is 8.65. The van der Waals surface area contributed by atoms with Crippen LogP contribution in [-0.2, 0) is 9.47 Å². The quantitative estimate of drug-likeness (QED) is 0.261. The molecule has 0 aromatic carbocycles. The van der Waals surface area contributed by atoms with Gasteiger partial charge in [-0.05, 0) is 47.8 Å². The zero-order valence-corrected chi connectivity index (χ0v) is 20.4. The van der Waals surface area contributed by atoms with Gasteiger partial charge in [0.2, 0.25) is 0 Å². The third kappa shape index (κ3) is 7.67. The Labute approximate surface area is 179 Å². The zero-order valence-electron chi connectivity index (χ0n) is 17.2. The molecule has 0 aromatic rings. The van der Waals surface area contributed by atoms with Crippen molar-refractivity contribution in [3.63, 3.8) is 0 Å². The maximum atomic E-state index is 12.7. The Bertz CT molecular complexity index is 483. The van der Waals surface area contributed by atoms with E-state index in [-0.39, 0.29) is 42.2 Å². The third-order valence-corrected chi connectivity index (χ3v) is 4.43. The number of guanidine groups is 1. The summed E-state index contributed by atoms with van der Waals surface area (Å²) in [5.41, 5.74) is -1.27. The second-order valence-electron chi connectivity index (χ2n) is 7.56. The zero-order chi connectivity index (χ0) is 19.3. The maximum absolute atomic E-state index is 12.7. The summed E-state index contributed by atoms with van der Waals surface area (Å²) >= 11 is 1.77. The molecule has 9 heteroatoms. The van der Waals surface area contributed by atoms with Gasteiger partial charge in [0.25, 0.3) is 0 Å². The maximum Gasteiger partial charge on any atom is 0.412 e. The summed E-state index contributed by atoms with van der Waals surface area (Å²) in [6, 6.07) is -0.149. The lowest BCUT2D eigenvalue weighted by molar-refractivity contribution is -0.0755. The summed E-state index contributed by atoms with van der Waals surface area (Å²) in [4.78, 5) is 18.6. The molecule has 0 saturated carbocycles. The van der Waals surface area contributed by atoms with E-state index in [2.05, 4.69) is 21.9 Å². The van der Waals surface area contributed by atoms with Gasteiger partial charge >= 0.3 is 6.09 Å². The molecule has 154 valence electrons. The van der Waals surface area contributed by atoms with Gasteiger partial charge in [0.05, 0.1) is 12.1 Å². The fourth-order valence-corrected chi connectivity index (χ4v) is 3.12. The number of nitrogens with one attached hydrogen (secondary N) is 2. The van der Waals surface area contributed by atoms with Crippen molar-refractivity contribution in [2.24, 2.45) is 4.99 Å². The first-order valence-corrected chi connectivity index (χ1v) is 10.0. The number of ether oxygens (including phenoxy) is 2. The molecule has 0 aliphatic carbocycles. The largest absolute Gasteiger partial charge is 0.444 e. The van der Waals surface area contributed by atoms with Gasteiger partial charge in [0.15, 0.2) is 5.96 Å². The highest BCUT2D eigenvalue weighted by Crippen LogP contribution is 2.33. The summed E-state index contributed by atoms with van der Waals surface area (Å²) in [7, 11) is 1.73. The third-order valence-electron chi connectivity index (χ3n) is 3.82. The minimum atomic E-state index is -0.718. The van der Waals surface area contributed by atoms with Crippen LogP contribution in [-0.4, -0.2) is 72.6 Å². The number of amides is 1. The first kappa shape index (κ1) is 25.6. The van der Waals surface area contributed by atoms with Crippen LogP contribution in [0.2, 0.25) is 0 Å². The number of carbonyl (C=O) groups excluding carboxylic acids is 1. The Kier molecular flexibility index (Phi) is 10.6. The Morgan fingerprint density at radius 1 is 1.35 bits per heavy atom. The monoisotopic (exact) mass is 502 g/mol. The van der Waals surface area contributed by atoms with Gasteiger partial charge in [-0.15, -0.1) is 24.0 Å². The molecule has 0 radical (unpaired) electrons. The number of hydrogen-bond acceptors (Lipinski definition) is 5. The van der Waals surface area contributed by atoms with Gasteiger partial charge in [-0.3, -0.25) is 9.89 Å². The van der Waals surface area contributed by atoms with E-state index in [1.54, 1.807) is 23.7 Å². The van der Waals surface area contributed by atoms with E-state index in [1.165, 1.54) is 0 Å². The van der Waals surface area contributed by atoms with Crippen molar-refractivity contribution in [1.82, 2.24) is 15.5 Å². The summed E-state index contributed by atoms with van der Waals surface area (Å²) < 4.78 is 11.6. The van der Waals surface area contributed by atoms with Crippen LogP contribution in [0.5, 0.6) is 0 Å². The molecule has 7 nitrogen and oxygen atoms in total. The van der Waals surface area contributed by atoms with Crippen molar-refractivity contribution in [3.8, 4) is 0 Å². The molecule has 0 bridgehead atoms. The molecular weight excluding hydrogens is 467 g/mol. The fourth-order valence-electron chi connectivity index (χ4n) is 2.82. The fraction of sp³-hybridized carbons (Fsp3) is 0.882. The number of hydrogen-bond donors (Lipinski definition) is 2. The van der Waals surface area contributed by atoms with Gasteiger partial charge in [-0.1, -0.05) is 0 Å². The Balaban J connectivity index is 0.00000625. The average molecular weight is 502 g/mol. The van der Waals surface area contributed by atoms with Crippen LogP contribution in [0.1, 0.15) is 41.5 Å². The highest BCUT2D eigenvalue weighted by Gasteiger charge is 2.49. The molecule has 2 N–H and O–H groups in total. The van der Waals surface area contributed by atoms with Crippen LogP contribution in [0, 0.1) is 0 Å². The number of rotatable bonds is 5. The lowest BCUT2D eigenvalue weighted by Crippen LogP contribution is -2.54. The highest BCUT2D eigenvalue weighted by atomic mass is 127. The minimum Gasteiger partial charge on any atom is -0.444 e. The lowest BCUT2D eigenvalue weighted by atomic mass is 10.1. The van der Waals surface area contributed by atoms with Crippen molar-refractivity contribution < 1.29 is 14.3 Å². The van der Waals surface area contributed by atoms with E-state index in [4.69, 9.17) is 9.47 Å². The Morgan fingerprint density at radius 3 is 2.46 bits per heavy atom. The molecule has 0 aromatic heterocycles. The molecule has 2 atom stereocenters. The van der Waals surface area contributed by atoms with Gasteiger partial charge in [0, 0.05) is 25.9 Å². The van der Waals surface area contributed by atoms with Crippen molar-refractivity contribution in [2.75, 3.05) is 32.1 Å². The van der Waals surface area contributed by atoms with Gasteiger partial charge in [0.1, 0.15) is 11.3 Å². The number of nitrogens with zero attached hydrogens (tertiary/aromatic N) is 2. The number of halogens is 1. The second-order valence-corrected chi connectivity index (χ2v) is 8.55. The van der Waals surface area contributed by atoms with Crippen LogP contribution < -0.4 is 10.6 Å².